The van der Waals surface area contributed by atoms with Gasteiger partial charge in [0.05, 0.1) is 28.7 Å². The topological polar surface area (TPSA) is 137 Å². The maximum atomic E-state index is 13.2. The van der Waals surface area contributed by atoms with Crippen LogP contribution in [0.5, 0.6) is 5.75 Å². The van der Waals surface area contributed by atoms with Crippen molar-refractivity contribution in [3.63, 3.8) is 0 Å². The number of hydrogen-bond donors (Lipinski definition) is 1. The Labute approximate surface area is 256 Å². The van der Waals surface area contributed by atoms with Crippen molar-refractivity contribution in [2.24, 2.45) is 7.05 Å². The van der Waals surface area contributed by atoms with E-state index in [-0.39, 0.29) is 30.7 Å². The average molecular weight is 605 g/mol. The maximum Gasteiger partial charge on any atom is 0.410 e. The van der Waals surface area contributed by atoms with Crippen LogP contribution in [0.25, 0.3) is 33.3 Å². The number of anilines is 1. The number of amides is 2. The zero-order valence-electron chi connectivity index (χ0n) is 26.8. The molecule has 1 aromatic carbocycles. The van der Waals surface area contributed by atoms with Crippen molar-refractivity contribution in [1.29, 1.82) is 0 Å². The van der Waals surface area contributed by atoms with E-state index < -0.39 is 11.5 Å². The number of ether oxygens (including phenoxy) is 3. The van der Waals surface area contributed by atoms with E-state index in [1.165, 1.54) is 0 Å². The summed E-state index contributed by atoms with van der Waals surface area (Å²) in [6.07, 6.45) is 1.57. The Morgan fingerprint density at radius 1 is 1.07 bits per heavy atom. The number of piperazine rings is 1. The van der Waals surface area contributed by atoms with E-state index in [0.717, 1.165) is 16.5 Å². The lowest BCUT2D eigenvalue weighted by Gasteiger charge is -2.44. The molecule has 0 bridgehead atoms. The molecule has 4 heterocycles. The van der Waals surface area contributed by atoms with Gasteiger partial charge in [0.2, 0.25) is 0 Å². The number of methoxy groups -OCH3 is 1. The standard InChI is InChI=1S/C31H40N8O5/c1-17-13-38(14-18(2)39(17)30(41)44-31(4,5)6)23-11-10-22-25(34-23)26(29(40)32-7)35-28(33-22)21-12-20-15-37(8)36-24(20)19(3)27(21)43-16-42-9/h10-12,15,17-18H,13-14,16H2,1-9H3,(H,32,40)/t17-,18+. The van der Waals surface area contributed by atoms with E-state index >= 15 is 0 Å². The van der Waals surface area contributed by atoms with E-state index in [0.29, 0.717) is 47.1 Å². The molecule has 2 amide bonds. The normalized spacial score (nSPS) is 17.3. The first-order valence-electron chi connectivity index (χ1n) is 14.6. The summed E-state index contributed by atoms with van der Waals surface area (Å²) in [5, 5.41) is 8.14. The van der Waals surface area contributed by atoms with Crippen molar-refractivity contribution < 1.29 is 23.8 Å². The number of carbonyl (C=O) groups excluding carboxylic acids is 2. The second-order valence-corrected chi connectivity index (χ2v) is 12.2. The number of aryl methyl sites for hydroxylation is 2. The van der Waals surface area contributed by atoms with Gasteiger partial charge < -0.3 is 24.4 Å². The van der Waals surface area contributed by atoms with Gasteiger partial charge >= 0.3 is 6.09 Å². The lowest BCUT2D eigenvalue weighted by Crippen LogP contribution is -2.59. The molecule has 44 heavy (non-hydrogen) atoms. The fourth-order valence-corrected chi connectivity index (χ4v) is 5.67. The van der Waals surface area contributed by atoms with Crippen LogP contribution in [0.1, 0.15) is 50.7 Å². The minimum atomic E-state index is -0.582. The molecule has 1 aliphatic heterocycles. The summed E-state index contributed by atoms with van der Waals surface area (Å²) < 4.78 is 18.6. The van der Waals surface area contributed by atoms with Crippen LogP contribution < -0.4 is 15.0 Å². The van der Waals surface area contributed by atoms with Crippen molar-refractivity contribution in [1.82, 2.24) is 34.9 Å². The van der Waals surface area contributed by atoms with Crippen molar-refractivity contribution in [2.45, 2.75) is 59.2 Å². The van der Waals surface area contributed by atoms with E-state index in [2.05, 4.69) is 15.3 Å². The Bertz CT molecular complexity index is 1720. The SMILES string of the molecule is CNC(=O)c1nc(-c2cc3cn(C)nc3c(C)c2OCOC)nc2ccc(N3C[C@@H](C)N(C(=O)OC(C)(C)C)[C@@H](C)C3)nc12. The van der Waals surface area contributed by atoms with Crippen molar-refractivity contribution in [3.8, 4) is 17.1 Å². The zero-order valence-corrected chi connectivity index (χ0v) is 26.8. The maximum absolute atomic E-state index is 13.2. The Hall–Kier alpha value is -4.52. The first-order valence-corrected chi connectivity index (χ1v) is 14.6. The Morgan fingerprint density at radius 2 is 1.77 bits per heavy atom. The summed E-state index contributed by atoms with van der Waals surface area (Å²) in [5.74, 6) is 1.12. The molecule has 0 aliphatic carbocycles. The third kappa shape index (κ3) is 5.96. The van der Waals surface area contributed by atoms with Gasteiger partial charge in [-0.2, -0.15) is 5.10 Å². The van der Waals surface area contributed by atoms with Gasteiger partial charge in [-0.1, -0.05) is 0 Å². The van der Waals surface area contributed by atoms with Crippen molar-refractivity contribution in [2.75, 3.05) is 38.9 Å². The number of hydrogen-bond acceptors (Lipinski definition) is 10. The minimum Gasteiger partial charge on any atom is -0.466 e. The van der Waals surface area contributed by atoms with Crippen LogP contribution in [0.2, 0.25) is 0 Å². The molecule has 1 fully saturated rings. The second-order valence-electron chi connectivity index (χ2n) is 12.2. The number of nitrogens with zero attached hydrogens (tertiary/aromatic N) is 7. The van der Waals surface area contributed by atoms with Crippen LogP contribution in [-0.2, 0) is 16.5 Å². The molecule has 0 saturated carbocycles. The third-order valence-corrected chi connectivity index (χ3v) is 7.48. The molecule has 1 aliphatic rings. The average Bonchev–Trinajstić information content (AvgIpc) is 3.34. The smallest absolute Gasteiger partial charge is 0.410 e. The summed E-state index contributed by atoms with van der Waals surface area (Å²) >= 11 is 0. The van der Waals surface area contributed by atoms with Gasteiger partial charge in [-0.25, -0.2) is 19.7 Å². The molecule has 13 nitrogen and oxygen atoms in total. The third-order valence-electron chi connectivity index (χ3n) is 7.48. The molecule has 13 heteroatoms. The van der Waals surface area contributed by atoms with E-state index in [9.17, 15) is 9.59 Å². The molecular formula is C31H40N8O5. The number of rotatable bonds is 6. The van der Waals surface area contributed by atoms with Gasteiger partial charge in [0.1, 0.15) is 22.7 Å². The summed E-state index contributed by atoms with van der Waals surface area (Å²) in [6, 6.07) is 5.38. The van der Waals surface area contributed by atoms with E-state index in [4.69, 9.17) is 29.2 Å². The number of benzene rings is 1. The summed E-state index contributed by atoms with van der Waals surface area (Å²) in [7, 11) is 4.96. The summed E-state index contributed by atoms with van der Waals surface area (Å²) in [5.41, 5.74) is 2.65. The van der Waals surface area contributed by atoms with Crippen LogP contribution in [0.15, 0.2) is 24.4 Å². The molecular weight excluding hydrogens is 564 g/mol. The summed E-state index contributed by atoms with van der Waals surface area (Å²) in [4.78, 5) is 44.5. The van der Waals surface area contributed by atoms with Gasteiger partial charge in [-0.05, 0) is 59.7 Å². The highest BCUT2D eigenvalue weighted by molar-refractivity contribution is 6.04. The molecule has 3 aromatic heterocycles. The monoisotopic (exact) mass is 604 g/mol. The van der Waals surface area contributed by atoms with Gasteiger partial charge in [0.15, 0.2) is 18.3 Å². The molecule has 0 spiro atoms. The largest absolute Gasteiger partial charge is 0.466 e. The Kier molecular flexibility index (Phi) is 8.34. The van der Waals surface area contributed by atoms with E-state index in [1.807, 2.05) is 73.0 Å². The predicted octanol–water partition coefficient (Wildman–Crippen LogP) is 4.06. The molecule has 0 unspecified atom stereocenters. The number of fused-ring (bicyclic) bond motifs is 2. The zero-order chi connectivity index (χ0) is 31.9. The first kappa shape index (κ1) is 30.9. The van der Waals surface area contributed by atoms with Crippen LogP contribution in [0.4, 0.5) is 10.6 Å². The minimum absolute atomic E-state index is 0.0189. The molecule has 1 N–H and O–H groups in total. The fraction of sp³-hybridized carbons (Fsp3) is 0.484. The first-order chi connectivity index (χ1) is 20.8. The number of aromatic nitrogens is 5. The van der Waals surface area contributed by atoms with E-state index in [1.54, 1.807) is 23.7 Å². The quantitative estimate of drug-likeness (QED) is 0.321. The predicted molar refractivity (Wildman–Crippen MR) is 167 cm³/mol. The van der Waals surface area contributed by atoms with Crippen molar-refractivity contribution >= 4 is 39.8 Å². The molecule has 0 radical (unpaired) electrons. The number of pyridine rings is 1. The van der Waals surface area contributed by atoms with Crippen molar-refractivity contribution in [3.05, 3.63) is 35.7 Å². The highest BCUT2D eigenvalue weighted by Crippen LogP contribution is 2.37. The van der Waals surface area contributed by atoms with Gasteiger partial charge in [0.25, 0.3) is 5.91 Å². The van der Waals surface area contributed by atoms with Gasteiger partial charge in [-0.3, -0.25) is 14.4 Å². The van der Waals surface area contributed by atoms with Gasteiger partial charge in [-0.15, -0.1) is 0 Å². The lowest BCUT2D eigenvalue weighted by atomic mass is 10.0. The van der Waals surface area contributed by atoms with Crippen LogP contribution >= 0.6 is 0 Å². The number of carbonyl (C=O) groups is 2. The highest BCUT2D eigenvalue weighted by atomic mass is 16.7. The molecule has 2 atom stereocenters. The Balaban J connectivity index is 1.56. The van der Waals surface area contributed by atoms with Gasteiger partial charge in [0, 0.05) is 51.4 Å². The fourth-order valence-electron chi connectivity index (χ4n) is 5.67. The van der Waals surface area contributed by atoms with Crippen LogP contribution in [-0.4, -0.2) is 93.4 Å². The Morgan fingerprint density at radius 3 is 2.41 bits per heavy atom. The molecule has 234 valence electrons. The number of nitrogens with one attached hydrogen (secondary N) is 1. The van der Waals surface area contributed by atoms with Crippen LogP contribution in [0.3, 0.4) is 0 Å². The molecule has 5 rings (SSSR count). The highest BCUT2D eigenvalue weighted by Gasteiger charge is 2.36. The summed E-state index contributed by atoms with van der Waals surface area (Å²) in [6.45, 7) is 12.6. The molecule has 1 saturated heterocycles. The lowest BCUT2D eigenvalue weighted by molar-refractivity contribution is 0.00559. The second kappa shape index (κ2) is 11.9. The molecule has 4 aromatic rings. The van der Waals surface area contributed by atoms with Crippen LogP contribution in [0, 0.1) is 6.92 Å².